The lowest BCUT2D eigenvalue weighted by Crippen LogP contribution is -2.31. The molecule has 0 saturated heterocycles. The molecule has 1 atom stereocenters. The van der Waals surface area contributed by atoms with Gasteiger partial charge < -0.3 is 10.4 Å². The predicted molar refractivity (Wildman–Crippen MR) is 70.6 cm³/mol. The Morgan fingerprint density at radius 3 is 2.72 bits per heavy atom. The van der Waals surface area contributed by atoms with Crippen molar-refractivity contribution < 1.29 is 9.90 Å². The molecule has 1 amide bonds. The van der Waals surface area contributed by atoms with Crippen molar-refractivity contribution in [3.63, 3.8) is 0 Å². The van der Waals surface area contributed by atoms with E-state index < -0.39 is 6.04 Å². The molecule has 0 aliphatic heterocycles. The van der Waals surface area contributed by atoms with Crippen molar-refractivity contribution in [1.29, 1.82) is 0 Å². The van der Waals surface area contributed by atoms with E-state index in [1.807, 2.05) is 37.3 Å². The second-order valence-electron chi connectivity index (χ2n) is 3.87. The van der Waals surface area contributed by atoms with E-state index in [9.17, 15) is 9.90 Å². The van der Waals surface area contributed by atoms with Crippen molar-refractivity contribution in [2.75, 3.05) is 6.61 Å². The maximum absolute atomic E-state index is 11.9. The van der Waals surface area contributed by atoms with Crippen LogP contribution in [0.1, 0.15) is 27.1 Å². The fourth-order valence-electron chi connectivity index (χ4n) is 1.62. The van der Waals surface area contributed by atoms with Crippen LogP contribution in [0, 0.1) is 6.92 Å². The summed E-state index contributed by atoms with van der Waals surface area (Å²) in [6, 6.07) is 8.97. The van der Waals surface area contributed by atoms with Gasteiger partial charge in [-0.3, -0.25) is 4.79 Å². The minimum Gasteiger partial charge on any atom is -0.394 e. The fraction of sp³-hybridized carbons (Fsp3) is 0.231. The van der Waals surface area contributed by atoms with Gasteiger partial charge in [-0.1, -0.05) is 30.3 Å². The number of nitrogens with zero attached hydrogens (tertiary/aromatic N) is 1. The van der Waals surface area contributed by atoms with Crippen LogP contribution in [0.4, 0.5) is 0 Å². The Kier molecular flexibility index (Phi) is 4.07. The number of hydrogen-bond acceptors (Lipinski definition) is 4. The quantitative estimate of drug-likeness (QED) is 0.884. The summed E-state index contributed by atoms with van der Waals surface area (Å²) < 4.78 is 0. The molecule has 0 spiro atoms. The first-order chi connectivity index (χ1) is 8.70. The largest absolute Gasteiger partial charge is 0.394 e. The lowest BCUT2D eigenvalue weighted by molar-refractivity contribution is 0.0911. The zero-order valence-corrected chi connectivity index (χ0v) is 10.8. The van der Waals surface area contributed by atoms with E-state index in [0.29, 0.717) is 5.69 Å². The molecule has 0 fully saturated rings. The number of hydrogen-bond donors (Lipinski definition) is 2. The van der Waals surface area contributed by atoms with Crippen LogP contribution in [0.2, 0.25) is 0 Å². The molecule has 2 N–H and O–H groups in total. The maximum atomic E-state index is 11.9. The van der Waals surface area contributed by atoms with Gasteiger partial charge >= 0.3 is 0 Å². The minimum absolute atomic E-state index is 0.140. The molecule has 4 nitrogen and oxygen atoms in total. The van der Waals surface area contributed by atoms with Crippen LogP contribution in [0.15, 0.2) is 35.7 Å². The number of benzene rings is 1. The van der Waals surface area contributed by atoms with Crippen LogP contribution in [0.3, 0.4) is 0 Å². The maximum Gasteiger partial charge on any atom is 0.271 e. The molecule has 94 valence electrons. The molecule has 0 aliphatic carbocycles. The fourth-order valence-corrected chi connectivity index (χ4v) is 2.21. The number of thiazole rings is 1. The Morgan fingerprint density at radius 2 is 2.17 bits per heavy atom. The highest BCUT2D eigenvalue weighted by Crippen LogP contribution is 2.14. The molecular weight excluding hydrogens is 248 g/mol. The van der Waals surface area contributed by atoms with Gasteiger partial charge in [-0.15, -0.1) is 11.3 Å². The van der Waals surface area contributed by atoms with Gasteiger partial charge in [0.05, 0.1) is 17.7 Å². The first-order valence-electron chi connectivity index (χ1n) is 5.59. The van der Waals surface area contributed by atoms with E-state index in [2.05, 4.69) is 10.3 Å². The highest BCUT2D eigenvalue weighted by Gasteiger charge is 2.16. The van der Waals surface area contributed by atoms with Crippen molar-refractivity contribution in [2.45, 2.75) is 13.0 Å². The molecule has 1 heterocycles. The van der Waals surface area contributed by atoms with Crippen LogP contribution < -0.4 is 5.32 Å². The Labute approximate surface area is 109 Å². The smallest absolute Gasteiger partial charge is 0.271 e. The summed E-state index contributed by atoms with van der Waals surface area (Å²) in [5, 5.41) is 14.7. The van der Waals surface area contributed by atoms with Crippen LogP contribution in [0.5, 0.6) is 0 Å². The topological polar surface area (TPSA) is 62.2 Å². The first kappa shape index (κ1) is 12.7. The van der Waals surface area contributed by atoms with E-state index in [-0.39, 0.29) is 12.5 Å². The van der Waals surface area contributed by atoms with Crippen molar-refractivity contribution in [1.82, 2.24) is 10.3 Å². The SMILES string of the molecule is Cc1nc(C(=O)N[C@@H](CO)c2ccccc2)cs1. The number of carbonyl (C=O) groups excluding carboxylic acids is 1. The summed E-state index contributed by atoms with van der Waals surface area (Å²) in [5.74, 6) is -0.262. The number of carbonyl (C=O) groups is 1. The number of aromatic nitrogens is 1. The summed E-state index contributed by atoms with van der Waals surface area (Å²) in [6.07, 6.45) is 0. The second kappa shape index (κ2) is 5.75. The predicted octanol–water partition coefficient (Wildman–Crippen LogP) is 1.91. The number of aryl methyl sites for hydroxylation is 1. The lowest BCUT2D eigenvalue weighted by Gasteiger charge is -2.15. The van der Waals surface area contributed by atoms with Gasteiger partial charge in [-0.05, 0) is 12.5 Å². The van der Waals surface area contributed by atoms with Gasteiger partial charge in [-0.25, -0.2) is 4.98 Å². The summed E-state index contributed by atoms with van der Waals surface area (Å²) >= 11 is 1.43. The molecule has 0 unspecified atom stereocenters. The number of aliphatic hydroxyl groups is 1. The van der Waals surface area contributed by atoms with Gasteiger partial charge in [0, 0.05) is 5.38 Å². The lowest BCUT2D eigenvalue weighted by atomic mass is 10.1. The van der Waals surface area contributed by atoms with Gasteiger partial charge in [0.15, 0.2) is 0 Å². The zero-order chi connectivity index (χ0) is 13.0. The van der Waals surface area contributed by atoms with Crippen LogP contribution in [-0.4, -0.2) is 22.6 Å². The number of nitrogens with one attached hydrogen (secondary N) is 1. The van der Waals surface area contributed by atoms with Crippen molar-refractivity contribution in [3.8, 4) is 0 Å². The minimum atomic E-state index is -0.402. The summed E-state index contributed by atoms with van der Waals surface area (Å²) in [5.41, 5.74) is 1.27. The third kappa shape index (κ3) is 2.94. The van der Waals surface area contributed by atoms with Crippen LogP contribution >= 0.6 is 11.3 Å². The molecule has 0 bridgehead atoms. The molecule has 1 aromatic heterocycles. The summed E-state index contributed by atoms with van der Waals surface area (Å²) in [4.78, 5) is 16.0. The van der Waals surface area contributed by atoms with Gasteiger partial charge in [-0.2, -0.15) is 0 Å². The van der Waals surface area contributed by atoms with Gasteiger partial charge in [0.1, 0.15) is 5.69 Å². The molecule has 5 heteroatoms. The Balaban J connectivity index is 2.10. The monoisotopic (exact) mass is 262 g/mol. The van der Waals surface area contributed by atoms with Crippen LogP contribution in [0.25, 0.3) is 0 Å². The van der Waals surface area contributed by atoms with Gasteiger partial charge in [0.25, 0.3) is 5.91 Å². The van der Waals surface area contributed by atoms with Gasteiger partial charge in [0.2, 0.25) is 0 Å². The summed E-state index contributed by atoms with van der Waals surface area (Å²) in [7, 11) is 0. The number of rotatable bonds is 4. The average molecular weight is 262 g/mol. The standard InChI is InChI=1S/C13H14N2O2S/c1-9-14-12(8-18-9)13(17)15-11(7-16)10-5-3-2-4-6-10/h2-6,8,11,16H,7H2,1H3,(H,15,17)/t11-/m0/s1. The Hall–Kier alpha value is -1.72. The second-order valence-corrected chi connectivity index (χ2v) is 4.93. The zero-order valence-electron chi connectivity index (χ0n) is 9.96. The normalized spacial score (nSPS) is 12.1. The third-order valence-electron chi connectivity index (χ3n) is 2.54. The molecule has 0 saturated carbocycles. The Morgan fingerprint density at radius 1 is 1.44 bits per heavy atom. The van der Waals surface area contributed by atoms with E-state index >= 15 is 0 Å². The molecule has 1 aromatic carbocycles. The van der Waals surface area contributed by atoms with E-state index in [1.54, 1.807) is 5.38 Å². The molecule has 2 rings (SSSR count). The number of aliphatic hydroxyl groups excluding tert-OH is 1. The molecular formula is C13H14N2O2S. The van der Waals surface area contributed by atoms with Crippen molar-refractivity contribution in [3.05, 3.63) is 52.0 Å². The first-order valence-corrected chi connectivity index (χ1v) is 6.47. The highest BCUT2D eigenvalue weighted by atomic mass is 32.1. The van der Waals surface area contributed by atoms with E-state index in [0.717, 1.165) is 10.6 Å². The van der Waals surface area contributed by atoms with Crippen LogP contribution in [-0.2, 0) is 0 Å². The molecule has 2 aromatic rings. The number of amides is 1. The molecule has 0 aliphatic rings. The average Bonchev–Trinajstić information content (AvgIpc) is 2.83. The third-order valence-corrected chi connectivity index (χ3v) is 3.32. The Bertz CT molecular complexity index is 525. The van der Waals surface area contributed by atoms with E-state index in [1.165, 1.54) is 11.3 Å². The summed E-state index contributed by atoms with van der Waals surface area (Å²) in [6.45, 7) is 1.71. The highest BCUT2D eigenvalue weighted by molar-refractivity contribution is 7.09. The molecule has 0 radical (unpaired) electrons. The van der Waals surface area contributed by atoms with E-state index in [4.69, 9.17) is 0 Å². The molecule has 18 heavy (non-hydrogen) atoms. The van der Waals surface area contributed by atoms with Crippen molar-refractivity contribution in [2.24, 2.45) is 0 Å². The van der Waals surface area contributed by atoms with Crippen molar-refractivity contribution >= 4 is 17.2 Å².